The first-order chi connectivity index (χ1) is 12.1. The van der Waals surface area contributed by atoms with E-state index in [2.05, 4.69) is 11.4 Å². The van der Waals surface area contributed by atoms with Crippen LogP contribution in [0.1, 0.15) is 23.1 Å². The first-order valence-corrected chi connectivity index (χ1v) is 8.46. The van der Waals surface area contributed by atoms with Crippen LogP contribution in [0, 0.1) is 13.8 Å². The molecule has 25 heavy (non-hydrogen) atoms. The van der Waals surface area contributed by atoms with Crippen molar-refractivity contribution in [2.45, 2.75) is 26.8 Å². The van der Waals surface area contributed by atoms with Crippen LogP contribution in [0.15, 0.2) is 36.4 Å². The Morgan fingerprint density at radius 1 is 1.04 bits per heavy atom. The van der Waals surface area contributed by atoms with Gasteiger partial charge in [0.2, 0.25) is 5.91 Å². The summed E-state index contributed by atoms with van der Waals surface area (Å²) in [6.45, 7) is 6.00. The van der Waals surface area contributed by atoms with Gasteiger partial charge in [-0.15, -0.1) is 0 Å². The van der Waals surface area contributed by atoms with Crippen molar-refractivity contribution < 1.29 is 19.0 Å². The van der Waals surface area contributed by atoms with E-state index in [4.69, 9.17) is 14.2 Å². The summed E-state index contributed by atoms with van der Waals surface area (Å²) in [6.07, 6.45) is 0.317. The molecule has 1 N–H and O–H groups in total. The largest absolute Gasteiger partial charge is 0.493 e. The molecule has 2 aromatic rings. The monoisotopic (exact) mass is 341 g/mol. The standard InChI is InChI=1S/C20H23NO4/c1-14-9-15(2)11-17(10-14)23-6-5-20(22)21-13-16-3-4-18-19(12-16)25-8-7-24-18/h3-4,9-12H,5-8,13H2,1-2H3,(H,21,22). The van der Waals surface area contributed by atoms with E-state index in [-0.39, 0.29) is 5.91 Å². The summed E-state index contributed by atoms with van der Waals surface area (Å²) in [5.74, 6) is 2.25. The fourth-order valence-corrected chi connectivity index (χ4v) is 2.76. The summed E-state index contributed by atoms with van der Waals surface area (Å²) >= 11 is 0. The van der Waals surface area contributed by atoms with Gasteiger partial charge in [-0.1, -0.05) is 12.1 Å². The van der Waals surface area contributed by atoms with E-state index in [0.717, 1.165) is 33.9 Å². The van der Waals surface area contributed by atoms with E-state index < -0.39 is 0 Å². The van der Waals surface area contributed by atoms with Crippen LogP contribution in [0.4, 0.5) is 0 Å². The number of fused-ring (bicyclic) bond motifs is 1. The third-order valence-corrected chi connectivity index (χ3v) is 3.89. The van der Waals surface area contributed by atoms with E-state index in [1.165, 1.54) is 0 Å². The minimum Gasteiger partial charge on any atom is -0.493 e. The van der Waals surface area contributed by atoms with E-state index in [1.54, 1.807) is 0 Å². The van der Waals surface area contributed by atoms with Gasteiger partial charge in [0.1, 0.15) is 19.0 Å². The predicted octanol–water partition coefficient (Wildman–Crippen LogP) is 3.16. The molecule has 0 bridgehead atoms. The van der Waals surface area contributed by atoms with Gasteiger partial charge in [-0.2, -0.15) is 0 Å². The van der Waals surface area contributed by atoms with Crippen molar-refractivity contribution in [1.29, 1.82) is 0 Å². The Kier molecular flexibility index (Phi) is 5.43. The number of amides is 1. The second-order valence-corrected chi connectivity index (χ2v) is 6.18. The fourth-order valence-electron chi connectivity index (χ4n) is 2.76. The zero-order valence-electron chi connectivity index (χ0n) is 14.6. The van der Waals surface area contributed by atoms with Crippen molar-refractivity contribution in [1.82, 2.24) is 5.32 Å². The summed E-state index contributed by atoms with van der Waals surface area (Å²) < 4.78 is 16.7. The third kappa shape index (κ3) is 4.89. The summed E-state index contributed by atoms with van der Waals surface area (Å²) in [5.41, 5.74) is 3.28. The predicted molar refractivity (Wildman–Crippen MR) is 95.3 cm³/mol. The Bertz CT molecular complexity index is 737. The molecule has 1 amide bonds. The zero-order chi connectivity index (χ0) is 17.6. The van der Waals surface area contributed by atoms with Crippen LogP contribution >= 0.6 is 0 Å². The summed E-state index contributed by atoms with van der Waals surface area (Å²) in [4.78, 5) is 12.0. The molecule has 1 aliphatic rings. The number of carbonyl (C=O) groups excluding carboxylic acids is 1. The lowest BCUT2D eigenvalue weighted by molar-refractivity contribution is -0.121. The molecule has 0 spiro atoms. The quantitative estimate of drug-likeness (QED) is 0.877. The van der Waals surface area contributed by atoms with Gasteiger partial charge in [0.25, 0.3) is 0 Å². The average Bonchev–Trinajstić information content (AvgIpc) is 2.59. The van der Waals surface area contributed by atoms with Gasteiger partial charge in [-0.3, -0.25) is 4.79 Å². The molecule has 0 aromatic heterocycles. The summed E-state index contributed by atoms with van der Waals surface area (Å²) in [5, 5.41) is 2.90. The number of carbonyl (C=O) groups is 1. The smallest absolute Gasteiger partial charge is 0.223 e. The highest BCUT2D eigenvalue weighted by Crippen LogP contribution is 2.30. The molecule has 0 saturated heterocycles. The molecule has 5 nitrogen and oxygen atoms in total. The second kappa shape index (κ2) is 7.92. The molecule has 0 aliphatic carbocycles. The van der Waals surface area contributed by atoms with E-state index in [0.29, 0.717) is 32.8 Å². The minimum absolute atomic E-state index is 0.0423. The molecule has 1 aliphatic heterocycles. The molecule has 3 rings (SSSR count). The van der Waals surface area contributed by atoms with Gasteiger partial charge >= 0.3 is 0 Å². The van der Waals surface area contributed by atoms with Crippen molar-refractivity contribution in [2.75, 3.05) is 19.8 Å². The number of aryl methyl sites for hydroxylation is 2. The maximum atomic E-state index is 12.0. The van der Waals surface area contributed by atoms with Gasteiger partial charge < -0.3 is 19.5 Å². The third-order valence-electron chi connectivity index (χ3n) is 3.89. The normalized spacial score (nSPS) is 12.6. The lowest BCUT2D eigenvalue weighted by Gasteiger charge is -2.19. The number of benzene rings is 2. The van der Waals surface area contributed by atoms with Gasteiger partial charge in [0.15, 0.2) is 11.5 Å². The molecule has 0 fully saturated rings. The molecule has 0 saturated carbocycles. The number of rotatable bonds is 6. The van der Waals surface area contributed by atoms with Crippen molar-refractivity contribution in [3.05, 3.63) is 53.1 Å². The van der Waals surface area contributed by atoms with E-state index in [1.807, 2.05) is 44.2 Å². The Balaban J connectivity index is 1.43. The average molecular weight is 341 g/mol. The fraction of sp³-hybridized carbons (Fsp3) is 0.350. The number of nitrogens with one attached hydrogen (secondary N) is 1. The topological polar surface area (TPSA) is 56.8 Å². The van der Waals surface area contributed by atoms with Crippen LogP contribution < -0.4 is 19.5 Å². The SMILES string of the molecule is Cc1cc(C)cc(OCCC(=O)NCc2ccc3c(c2)OCCO3)c1. The van der Waals surface area contributed by atoms with Crippen molar-refractivity contribution in [3.8, 4) is 17.2 Å². The molecule has 0 unspecified atom stereocenters. The van der Waals surface area contributed by atoms with E-state index in [9.17, 15) is 4.79 Å². The van der Waals surface area contributed by atoms with E-state index >= 15 is 0 Å². The zero-order valence-corrected chi connectivity index (χ0v) is 14.6. The first kappa shape index (κ1) is 17.1. The molecular formula is C20H23NO4. The van der Waals surface area contributed by atoms with Gasteiger partial charge in [-0.05, 0) is 54.8 Å². The van der Waals surface area contributed by atoms with Gasteiger partial charge in [0, 0.05) is 6.54 Å². The molecule has 1 heterocycles. The lowest BCUT2D eigenvalue weighted by Crippen LogP contribution is -2.24. The minimum atomic E-state index is -0.0423. The number of ether oxygens (including phenoxy) is 3. The van der Waals surface area contributed by atoms with Crippen LogP contribution in [0.2, 0.25) is 0 Å². The molecule has 132 valence electrons. The van der Waals surface area contributed by atoms with Crippen LogP contribution in [0.3, 0.4) is 0 Å². The van der Waals surface area contributed by atoms with Crippen molar-refractivity contribution in [2.24, 2.45) is 0 Å². The van der Waals surface area contributed by atoms with Crippen LogP contribution in [-0.4, -0.2) is 25.7 Å². The lowest BCUT2D eigenvalue weighted by atomic mass is 10.1. The second-order valence-electron chi connectivity index (χ2n) is 6.18. The summed E-state index contributed by atoms with van der Waals surface area (Å²) in [7, 11) is 0. The van der Waals surface area contributed by atoms with Crippen LogP contribution in [0.5, 0.6) is 17.2 Å². The Labute approximate surface area is 147 Å². The van der Waals surface area contributed by atoms with Crippen molar-refractivity contribution in [3.63, 3.8) is 0 Å². The van der Waals surface area contributed by atoms with Crippen LogP contribution in [0.25, 0.3) is 0 Å². The molecule has 0 atom stereocenters. The Hall–Kier alpha value is -2.69. The maximum absolute atomic E-state index is 12.0. The highest BCUT2D eigenvalue weighted by molar-refractivity contribution is 5.76. The first-order valence-electron chi connectivity index (χ1n) is 8.46. The Morgan fingerprint density at radius 2 is 1.76 bits per heavy atom. The molecule has 2 aromatic carbocycles. The number of hydrogen-bond donors (Lipinski definition) is 1. The summed E-state index contributed by atoms with van der Waals surface area (Å²) in [6, 6.07) is 11.7. The highest BCUT2D eigenvalue weighted by Gasteiger charge is 2.12. The van der Waals surface area contributed by atoms with Crippen molar-refractivity contribution >= 4 is 5.91 Å². The Morgan fingerprint density at radius 3 is 2.52 bits per heavy atom. The van der Waals surface area contributed by atoms with Gasteiger partial charge in [-0.25, -0.2) is 0 Å². The maximum Gasteiger partial charge on any atom is 0.223 e. The number of hydrogen-bond acceptors (Lipinski definition) is 4. The molecular weight excluding hydrogens is 318 g/mol. The van der Waals surface area contributed by atoms with Crippen LogP contribution in [-0.2, 0) is 11.3 Å². The highest BCUT2D eigenvalue weighted by atomic mass is 16.6. The molecule has 0 radical (unpaired) electrons. The van der Waals surface area contributed by atoms with Gasteiger partial charge in [0.05, 0.1) is 13.0 Å². The molecule has 5 heteroatoms.